The Balaban J connectivity index is 1.94. The van der Waals surface area contributed by atoms with Crippen LogP contribution in [-0.4, -0.2) is 24.8 Å². The van der Waals surface area contributed by atoms with Crippen molar-refractivity contribution in [2.24, 2.45) is 0 Å². The van der Waals surface area contributed by atoms with Crippen molar-refractivity contribution in [2.75, 3.05) is 23.3 Å². The maximum Gasteiger partial charge on any atom is 0.231 e. The fourth-order valence-electron chi connectivity index (χ4n) is 2.16. The number of hydrogen-bond acceptors (Lipinski definition) is 3. The van der Waals surface area contributed by atoms with Crippen LogP contribution in [0.3, 0.4) is 0 Å². The van der Waals surface area contributed by atoms with Crippen molar-refractivity contribution in [3.05, 3.63) is 24.3 Å². The third-order valence-corrected chi connectivity index (χ3v) is 3.03. The minimum Gasteiger partial charge on any atom is -0.372 e. The van der Waals surface area contributed by atoms with Crippen LogP contribution in [0.15, 0.2) is 24.3 Å². The molecule has 0 spiro atoms. The highest BCUT2D eigenvalue weighted by molar-refractivity contribution is 6.03. The molecule has 0 atom stereocenters. The number of rotatable bonds is 4. The number of nitrogens with one attached hydrogen (secondary N) is 1. The molecule has 0 aliphatic carbocycles. The maximum atomic E-state index is 11.4. The third kappa shape index (κ3) is 3.32. The Morgan fingerprint density at radius 3 is 2.33 bits per heavy atom. The SMILES string of the molecule is CC(=O)CC(=O)Nc1ccc(N2CCCC2)cc1. The Morgan fingerprint density at radius 1 is 1.17 bits per heavy atom. The Bertz CT molecular complexity index is 434. The molecule has 1 aliphatic rings. The van der Waals surface area contributed by atoms with Crippen molar-refractivity contribution in [1.82, 2.24) is 0 Å². The third-order valence-electron chi connectivity index (χ3n) is 3.03. The summed E-state index contributed by atoms with van der Waals surface area (Å²) in [4.78, 5) is 24.6. The van der Waals surface area contributed by atoms with Crippen LogP contribution in [0.1, 0.15) is 26.2 Å². The molecule has 1 aromatic rings. The lowest BCUT2D eigenvalue weighted by Crippen LogP contribution is -2.18. The first kappa shape index (κ1) is 12.6. The standard InChI is InChI=1S/C14H18N2O2/c1-11(17)10-14(18)15-12-4-6-13(7-5-12)16-8-2-3-9-16/h4-7H,2-3,8-10H2,1H3,(H,15,18). The summed E-state index contributed by atoms with van der Waals surface area (Å²) < 4.78 is 0. The van der Waals surface area contributed by atoms with Gasteiger partial charge in [-0.1, -0.05) is 0 Å². The molecule has 1 fully saturated rings. The zero-order chi connectivity index (χ0) is 13.0. The van der Waals surface area contributed by atoms with E-state index in [-0.39, 0.29) is 18.1 Å². The van der Waals surface area contributed by atoms with Gasteiger partial charge in [0.2, 0.25) is 5.91 Å². The van der Waals surface area contributed by atoms with E-state index >= 15 is 0 Å². The highest BCUT2D eigenvalue weighted by Gasteiger charge is 2.12. The van der Waals surface area contributed by atoms with Crippen molar-refractivity contribution in [2.45, 2.75) is 26.2 Å². The van der Waals surface area contributed by atoms with E-state index in [0.29, 0.717) is 0 Å². The van der Waals surface area contributed by atoms with Gasteiger partial charge in [-0.05, 0) is 44.0 Å². The number of amides is 1. The number of benzene rings is 1. The van der Waals surface area contributed by atoms with Gasteiger partial charge in [0, 0.05) is 24.5 Å². The molecule has 4 heteroatoms. The van der Waals surface area contributed by atoms with Crippen molar-refractivity contribution in [3.63, 3.8) is 0 Å². The van der Waals surface area contributed by atoms with Crippen LogP contribution >= 0.6 is 0 Å². The molecule has 1 heterocycles. The van der Waals surface area contributed by atoms with E-state index in [1.807, 2.05) is 24.3 Å². The molecular formula is C14H18N2O2. The second-order valence-corrected chi connectivity index (χ2v) is 4.67. The number of anilines is 2. The van der Waals surface area contributed by atoms with Crippen LogP contribution in [0, 0.1) is 0 Å². The molecule has 1 amide bonds. The minimum atomic E-state index is -0.253. The van der Waals surface area contributed by atoms with Gasteiger partial charge in [-0.3, -0.25) is 9.59 Å². The normalized spacial score (nSPS) is 14.6. The van der Waals surface area contributed by atoms with Gasteiger partial charge in [-0.25, -0.2) is 0 Å². The monoisotopic (exact) mass is 246 g/mol. The summed E-state index contributed by atoms with van der Waals surface area (Å²) in [5, 5.41) is 2.71. The van der Waals surface area contributed by atoms with Gasteiger partial charge in [-0.15, -0.1) is 0 Å². The highest BCUT2D eigenvalue weighted by atomic mass is 16.2. The molecule has 18 heavy (non-hydrogen) atoms. The second kappa shape index (κ2) is 5.67. The van der Waals surface area contributed by atoms with Crippen molar-refractivity contribution < 1.29 is 9.59 Å². The minimum absolute atomic E-state index is 0.0616. The van der Waals surface area contributed by atoms with Crippen molar-refractivity contribution in [1.29, 1.82) is 0 Å². The van der Waals surface area contributed by atoms with Gasteiger partial charge in [0.25, 0.3) is 0 Å². The Morgan fingerprint density at radius 2 is 1.78 bits per heavy atom. The summed E-state index contributed by atoms with van der Waals surface area (Å²) in [7, 11) is 0. The molecule has 4 nitrogen and oxygen atoms in total. The summed E-state index contributed by atoms with van der Waals surface area (Å²) >= 11 is 0. The molecule has 0 aromatic heterocycles. The van der Waals surface area contributed by atoms with Gasteiger partial charge >= 0.3 is 0 Å². The zero-order valence-electron chi connectivity index (χ0n) is 10.6. The zero-order valence-corrected chi connectivity index (χ0v) is 10.6. The first-order chi connectivity index (χ1) is 8.65. The van der Waals surface area contributed by atoms with Gasteiger partial charge < -0.3 is 10.2 Å². The molecule has 1 aliphatic heterocycles. The fraction of sp³-hybridized carbons (Fsp3) is 0.429. The van der Waals surface area contributed by atoms with E-state index in [9.17, 15) is 9.59 Å². The van der Waals surface area contributed by atoms with Crippen molar-refractivity contribution >= 4 is 23.1 Å². The molecule has 0 unspecified atom stereocenters. The quantitative estimate of drug-likeness (QED) is 0.829. The molecule has 1 N–H and O–H groups in total. The van der Waals surface area contributed by atoms with Gasteiger partial charge in [0.05, 0.1) is 6.42 Å². The number of carbonyl (C=O) groups excluding carboxylic acids is 2. The van der Waals surface area contributed by atoms with Gasteiger partial charge in [-0.2, -0.15) is 0 Å². The van der Waals surface area contributed by atoms with Crippen LogP contribution in [0.4, 0.5) is 11.4 Å². The lowest BCUT2D eigenvalue weighted by atomic mass is 10.2. The highest BCUT2D eigenvalue weighted by Crippen LogP contribution is 2.21. The average Bonchev–Trinajstić information content (AvgIpc) is 2.82. The van der Waals surface area contributed by atoms with Crippen LogP contribution in [-0.2, 0) is 9.59 Å². The molecule has 1 saturated heterocycles. The molecule has 0 bridgehead atoms. The van der Waals surface area contributed by atoms with E-state index in [2.05, 4.69) is 10.2 Å². The number of Topliss-reactive ketones (excluding diaryl/α,β-unsaturated/α-hetero) is 1. The van der Waals surface area contributed by atoms with Crippen LogP contribution in [0.5, 0.6) is 0 Å². The molecule has 0 saturated carbocycles. The van der Waals surface area contributed by atoms with Crippen molar-refractivity contribution in [3.8, 4) is 0 Å². The molecule has 0 radical (unpaired) electrons. The van der Waals surface area contributed by atoms with Gasteiger partial charge in [0.1, 0.15) is 5.78 Å². The first-order valence-corrected chi connectivity index (χ1v) is 6.29. The number of nitrogens with zero attached hydrogens (tertiary/aromatic N) is 1. The van der Waals surface area contributed by atoms with Crippen LogP contribution in [0.2, 0.25) is 0 Å². The molecule has 96 valence electrons. The maximum absolute atomic E-state index is 11.4. The fourth-order valence-corrected chi connectivity index (χ4v) is 2.16. The lowest BCUT2D eigenvalue weighted by Gasteiger charge is -2.17. The summed E-state index contributed by atoms with van der Waals surface area (Å²) in [6, 6.07) is 7.78. The topological polar surface area (TPSA) is 49.4 Å². The van der Waals surface area contributed by atoms with Gasteiger partial charge in [0.15, 0.2) is 0 Å². The Labute approximate surface area is 107 Å². The Kier molecular flexibility index (Phi) is 3.97. The Hall–Kier alpha value is -1.84. The van der Waals surface area contributed by atoms with E-state index in [1.165, 1.54) is 25.5 Å². The second-order valence-electron chi connectivity index (χ2n) is 4.67. The van der Waals surface area contributed by atoms with E-state index in [1.54, 1.807) is 0 Å². The van der Waals surface area contributed by atoms with E-state index in [0.717, 1.165) is 18.8 Å². The largest absolute Gasteiger partial charge is 0.372 e. The summed E-state index contributed by atoms with van der Waals surface area (Å²) in [5.74, 6) is -0.377. The van der Waals surface area contributed by atoms with E-state index < -0.39 is 0 Å². The summed E-state index contributed by atoms with van der Waals surface area (Å²) in [6.07, 6.45) is 2.43. The summed E-state index contributed by atoms with van der Waals surface area (Å²) in [6.45, 7) is 3.63. The smallest absolute Gasteiger partial charge is 0.231 e. The van der Waals surface area contributed by atoms with E-state index in [4.69, 9.17) is 0 Å². The van der Waals surface area contributed by atoms with Crippen LogP contribution < -0.4 is 10.2 Å². The lowest BCUT2D eigenvalue weighted by molar-refractivity contribution is -0.124. The van der Waals surface area contributed by atoms with Crippen LogP contribution in [0.25, 0.3) is 0 Å². The molecule has 2 rings (SSSR count). The number of ketones is 1. The number of hydrogen-bond donors (Lipinski definition) is 1. The predicted octanol–water partition coefficient (Wildman–Crippen LogP) is 2.20. The number of carbonyl (C=O) groups is 2. The average molecular weight is 246 g/mol. The molecular weight excluding hydrogens is 228 g/mol. The first-order valence-electron chi connectivity index (χ1n) is 6.29. The summed E-state index contributed by atoms with van der Waals surface area (Å²) in [5.41, 5.74) is 1.93. The molecule has 1 aromatic carbocycles. The predicted molar refractivity (Wildman–Crippen MR) is 71.8 cm³/mol.